The molecule has 4 nitrogen and oxygen atoms in total. The molecule has 108 valence electrons. The van der Waals surface area contributed by atoms with Gasteiger partial charge in [0.25, 0.3) is 0 Å². The summed E-state index contributed by atoms with van der Waals surface area (Å²) in [5.41, 5.74) is 9.35. The van der Waals surface area contributed by atoms with Crippen molar-refractivity contribution in [3.05, 3.63) is 60.4 Å². The van der Waals surface area contributed by atoms with E-state index in [4.69, 9.17) is 14.9 Å². The van der Waals surface area contributed by atoms with Crippen LogP contribution in [0.25, 0.3) is 22.5 Å². The molecule has 0 radical (unpaired) electrons. The lowest BCUT2D eigenvalue weighted by atomic mass is 10.00. The minimum absolute atomic E-state index is 0.456. The molecule has 22 heavy (non-hydrogen) atoms. The average Bonchev–Trinajstić information content (AvgIpc) is 3.00. The van der Waals surface area contributed by atoms with Gasteiger partial charge in [-0.25, -0.2) is 0 Å². The third-order valence-electron chi connectivity index (χ3n) is 3.49. The van der Waals surface area contributed by atoms with Gasteiger partial charge in [0, 0.05) is 16.8 Å². The lowest BCUT2D eigenvalue weighted by molar-refractivity contribution is 0.415. The van der Waals surface area contributed by atoms with Crippen LogP contribution >= 0.6 is 0 Å². The number of benzene rings is 2. The highest BCUT2D eigenvalue weighted by atomic mass is 16.5. The third-order valence-corrected chi connectivity index (χ3v) is 3.49. The molecule has 0 fully saturated rings. The topological polar surface area (TPSA) is 72.2 Å². The van der Waals surface area contributed by atoms with Crippen LogP contribution < -0.4 is 10.5 Å². The Balaban J connectivity index is 2.18. The van der Waals surface area contributed by atoms with E-state index in [1.807, 2.05) is 30.3 Å². The molecule has 2 aromatic carbocycles. The number of nitrogens with zero attached hydrogens (tertiary/aromatic N) is 1. The van der Waals surface area contributed by atoms with Crippen molar-refractivity contribution in [1.82, 2.24) is 0 Å². The minimum atomic E-state index is 0.456. The summed E-state index contributed by atoms with van der Waals surface area (Å²) >= 11 is 0. The van der Waals surface area contributed by atoms with Crippen molar-refractivity contribution in [2.45, 2.75) is 0 Å². The third kappa shape index (κ3) is 2.29. The van der Waals surface area contributed by atoms with E-state index >= 15 is 0 Å². The first-order valence-electron chi connectivity index (χ1n) is 6.75. The molecule has 0 amide bonds. The fourth-order valence-electron chi connectivity index (χ4n) is 2.36. The molecule has 0 spiro atoms. The van der Waals surface area contributed by atoms with Crippen LogP contribution in [0, 0.1) is 11.3 Å². The maximum absolute atomic E-state index is 9.55. The molecule has 0 atom stereocenters. The van der Waals surface area contributed by atoms with Crippen LogP contribution in [-0.2, 0) is 0 Å². The lowest BCUT2D eigenvalue weighted by Gasteiger charge is -2.06. The number of methoxy groups -OCH3 is 1. The number of hydrogen-bond acceptors (Lipinski definition) is 4. The number of furan rings is 1. The van der Waals surface area contributed by atoms with Crippen molar-refractivity contribution < 1.29 is 9.15 Å². The maximum Gasteiger partial charge on any atom is 0.154 e. The number of ether oxygens (including phenoxy) is 1. The van der Waals surface area contributed by atoms with Gasteiger partial charge in [-0.05, 0) is 23.8 Å². The van der Waals surface area contributed by atoms with E-state index < -0.39 is 0 Å². The Morgan fingerprint density at radius 2 is 1.86 bits per heavy atom. The van der Waals surface area contributed by atoms with Crippen LogP contribution in [0.3, 0.4) is 0 Å². The molecule has 0 aliphatic rings. The average molecular weight is 290 g/mol. The summed E-state index contributed by atoms with van der Waals surface area (Å²) in [7, 11) is 1.58. The largest absolute Gasteiger partial charge is 0.497 e. The summed E-state index contributed by atoms with van der Waals surface area (Å²) in [6.45, 7) is 0. The molecule has 2 N–H and O–H groups in total. The van der Waals surface area contributed by atoms with Gasteiger partial charge in [0.1, 0.15) is 23.6 Å². The van der Waals surface area contributed by atoms with Crippen molar-refractivity contribution in [3.63, 3.8) is 0 Å². The molecule has 3 aromatic rings. The first-order valence-corrected chi connectivity index (χ1v) is 6.75. The summed E-state index contributed by atoms with van der Waals surface area (Å²) in [6.07, 6.45) is 1.59. The predicted octanol–water partition coefficient (Wildman–Crippen LogP) is 4.08. The fraction of sp³-hybridized carbons (Fsp3) is 0.0556. The van der Waals surface area contributed by atoms with Gasteiger partial charge in [0.2, 0.25) is 0 Å². The Morgan fingerprint density at radius 1 is 1.09 bits per heavy atom. The summed E-state index contributed by atoms with van der Waals surface area (Å²) in [6, 6.07) is 17.1. The number of anilines is 1. The summed E-state index contributed by atoms with van der Waals surface area (Å²) in [5, 5.41) is 9.55. The summed E-state index contributed by atoms with van der Waals surface area (Å²) < 4.78 is 10.9. The van der Waals surface area contributed by atoms with Crippen LogP contribution in [0.15, 0.2) is 59.2 Å². The first kappa shape index (κ1) is 13.8. The van der Waals surface area contributed by atoms with E-state index in [1.54, 1.807) is 31.6 Å². The molecule has 1 heterocycles. The zero-order valence-electron chi connectivity index (χ0n) is 12.0. The molecule has 3 rings (SSSR count). The van der Waals surface area contributed by atoms with Crippen molar-refractivity contribution in [3.8, 4) is 34.3 Å². The van der Waals surface area contributed by atoms with E-state index in [-0.39, 0.29) is 0 Å². The van der Waals surface area contributed by atoms with Gasteiger partial charge in [-0.2, -0.15) is 5.26 Å². The quantitative estimate of drug-likeness (QED) is 0.738. The number of nitrogen functional groups attached to an aromatic ring is 1. The standard InChI is InChI=1S/C18H14N2O2/c1-21-13-7-8-17(20)14(9-13)18-15(10-19)16(11-22-18)12-5-3-2-4-6-12/h2-9,11H,20H2,1H3. The molecule has 0 aliphatic heterocycles. The lowest BCUT2D eigenvalue weighted by Crippen LogP contribution is -1.92. The Morgan fingerprint density at radius 3 is 2.55 bits per heavy atom. The number of nitriles is 1. The molecule has 1 aromatic heterocycles. The van der Waals surface area contributed by atoms with Crippen LogP contribution in [0.5, 0.6) is 5.75 Å². The number of rotatable bonds is 3. The molecule has 0 aliphatic carbocycles. The van der Waals surface area contributed by atoms with E-state index in [0.717, 1.165) is 11.1 Å². The molecule has 4 heteroatoms. The molecule has 0 saturated carbocycles. The van der Waals surface area contributed by atoms with Gasteiger partial charge >= 0.3 is 0 Å². The Kier molecular flexibility index (Phi) is 3.55. The van der Waals surface area contributed by atoms with Crippen molar-refractivity contribution >= 4 is 5.69 Å². The van der Waals surface area contributed by atoms with Gasteiger partial charge in [0.15, 0.2) is 5.76 Å². The van der Waals surface area contributed by atoms with Gasteiger partial charge in [-0.15, -0.1) is 0 Å². The monoisotopic (exact) mass is 290 g/mol. The van der Waals surface area contributed by atoms with E-state index in [1.165, 1.54) is 0 Å². The smallest absolute Gasteiger partial charge is 0.154 e. The number of nitrogens with two attached hydrogens (primary N) is 1. The highest BCUT2D eigenvalue weighted by Crippen LogP contribution is 2.37. The van der Waals surface area contributed by atoms with Crippen LogP contribution in [0.1, 0.15) is 5.56 Å². The molecule has 0 saturated heterocycles. The predicted molar refractivity (Wildman–Crippen MR) is 85.3 cm³/mol. The highest BCUT2D eigenvalue weighted by molar-refractivity contribution is 5.84. The van der Waals surface area contributed by atoms with Crippen LogP contribution in [0.2, 0.25) is 0 Å². The van der Waals surface area contributed by atoms with E-state index in [0.29, 0.717) is 28.3 Å². The van der Waals surface area contributed by atoms with Gasteiger partial charge in [-0.1, -0.05) is 30.3 Å². The fourth-order valence-corrected chi connectivity index (χ4v) is 2.36. The normalized spacial score (nSPS) is 10.2. The molecular formula is C18H14N2O2. The first-order chi connectivity index (χ1) is 10.7. The SMILES string of the molecule is COc1ccc(N)c(-c2occ(-c3ccccc3)c2C#N)c1. The second kappa shape index (κ2) is 5.66. The van der Waals surface area contributed by atoms with Gasteiger partial charge in [-0.3, -0.25) is 0 Å². The van der Waals surface area contributed by atoms with Crippen LogP contribution in [0.4, 0.5) is 5.69 Å². The van der Waals surface area contributed by atoms with Crippen molar-refractivity contribution in [2.75, 3.05) is 12.8 Å². The van der Waals surface area contributed by atoms with Crippen molar-refractivity contribution in [2.24, 2.45) is 0 Å². The van der Waals surface area contributed by atoms with E-state index in [9.17, 15) is 5.26 Å². The number of hydrogen-bond donors (Lipinski definition) is 1. The van der Waals surface area contributed by atoms with Crippen LogP contribution in [-0.4, -0.2) is 7.11 Å². The molecule has 0 bridgehead atoms. The molecular weight excluding hydrogens is 276 g/mol. The Bertz CT molecular complexity index is 845. The second-order valence-electron chi connectivity index (χ2n) is 4.78. The summed E-state index contributed by atoms with van der Waals surface area (Å²) in [5.74, 6) is 1.11. The Hall–Kier alpha value is -3.19. The van der Waals surface area contributed by atoms with Crippen molar-refractivity contribution in [1.29, 1.82) is 5.26 Å². The van der Waals surface area contributed by atoms with Gasteiger partial charge in [0.05, 0.1) is 7.11 Å². The zero-order chi connectivity index (χ0) is 15.5. The molecule has 0 unspecified atom stereocenters. The summed E-state index contributed by atoms with van der Waals surface area (Å²) in [4.78, 5) is 0. The zero-order valence-corrected chi connectivity index (χ0v) is 12.0. The maximum atomic E-state index is 9.55. The minimum Gasteiger partial charge on any atom is -0.497 e. The highest BCUT2D eigenvalue weighted by Gasteiger charge is 2.18. The van der Waals surface area contributed by atoms with Gasteiger partial charge < -0.3 is 14.9 Å². The van der Waals surface area contributed by atoms with E-state index in [2.05, 4.69) is 6.07 Å². The Labute approximate surface area is 128 Å². The second-order valence-corrected chi connectivity index (χ2v) is 4.78.